The van der Waals surface area contributed by atoms with Crippen LogP contribution in [0.4, 0.5) is 0 Å². The Labute approximate surface area is 579 Å². The van der Waals surface area contributed by atoms with Crippen molar-refractivity contribution in [2.75, 3.05) is 172 Å². The van der Waals surface area contributed by atoms with E-state index in [0.717, 1.165) is 0 Å². The van der Waals surface area contributed by atoms with Crippen LogP contribution in [0.5, 0.6) is 0 Å². The zero-order valence-corrected chi connectivity index (χ0v) is 57.0. The molecule has 39 nitrogen and oxygen atoms in total. The largest absolute Gasteiger partial charge is 0.481 e. The second-order valence-electron chi connectivity index (χ2n) is 23.3. The third-order valence-electron chi connectivity index (χ3n) is 15.3. The van der Waals surface area contributed by atoms with Crippen LogP contribution in [0.25, 0.3) is 0 Å². The van der Waals surface area contributed by atoms with Gasteiger partial charge >= 0.3 is 5.97 Å². The second kappa shape index (κ2) is 52.9. The summed E-state index contributed by atoms with van der Waals surface area (Å²) in [5, 5.41) is 116. The Morgan fingerprint density at radius 2 is 0.670 bits per heavy atom. The lowest BCUT2D eigenvalue weighted by atomic mass is 9.92. The number of Topliss-reactive ketones (excluding diaryl/α,β-unsaturated/α-hetero) is 1. The minimum Gasteiger partial charge on any atom is -0.481 e. The minimum absolute atomic E-state index is 0.0130. The van der Waals surface area contributed by atoms with Gasteiger partial charge in [-0.2, -0.15) is 0 Å². The molecule has 16 N–H and O–H groups in total. The number of hydrogen-bond donors (Lipinski definition) is 16. The Bertz CT molecular complexity index is 2310. The Balaban J connectivity index is 1.34. The van der Waals surface area contributed by atoms with Gasteiger partial charge in [-0.3, -0.25) is 38.4 Å². The summed E-state index contributed by atoms with van der Waals surface area (Å²) in [6, 6.07) is -4.38. The van der Waals surface area contributed by atoms with Gasteiger partial charge in [-0.1, -0.05) is 6.42 Å². The topological polar surface area (TPSA) is 549 Å². The van der Waals surface area contributed by atoms with Crippen LogP contribution in [-0.4, -0.2) is 368 Å². The molecule has 0 aromatic heterocycles. The molecule has 0 spiro atoms. The standard InChI is InChI=1S/C61H108N6O33/c1-37(71)64-49-55(81)52(78)43(31-68)98-59(49)95-27-24-89-15-12-86-18-21-92-34-46(75)62-10-6-4-8-40(58(84)85)30-42(74)41(67-48(77)36-94-23-20-88-14-17-91-26-29-97-61-51(66-39(3)73)57(83)54(80)45(33-70)100-61)9-5-7-11-63-47(76)35-93-22-19-87-13-16-90-25-28-96-60-50(65-38(2)72)56(82)53(79)44(32-69)99-60/h40-41,43-45,49-57,59-61,68-70,78-83H,4-36H2,1-3H3,(H,62,75)(H,63,76)(H,64,71)(H,65,72)(H,66,73)(H,67,77)(H,84,85)/t40-,41+,43-,44-,45-,49-,50-,51-,52+,53+,54+,55-,56-,57-,59-,60-,61-/m1/s1. The summed E-state index contributed by atoms with van der Waals surface area (Å²) in [4.78, 5) is 99.0. The first-order valence-corrected chi connectivity index (χ1v) is 33.3. The van der Waals surface area contributed by atoms with Crippen LogP contribution in [0.3, 0.4) is 0 Å². The lowest BCUT2D eigenvalue weighted by molar-refractivity contribution is -0.272. The Kier molecular flexibility index (Phi) is 47.2. The van der Waals surface area contributed by atoms with Crippen molar-refractivity contribution in [1.29, 1.82) is 0 Å². The molecule has 17 atom stereocenters. The van der Waals surface area contributed by atoms with E-state index in [4.69, 9.17) is 71.1 Å². The zero-order valence-electron chi connectivity index (χ0n) is 57.0. The smallest absolute Gasteiger partial charge is 0.306 e. The van der Waals surface area contributed by atoms with E-state index in [1.165, 1.54) is 20.8 Å². The average molecular weight is 1450 g/mol. The molecule has 0 aliphatic carbocycles. The highest BCUT2D eigenvalue weighted by molar-refractivity contribution is 5.91. The van der Waals surface area contributed by atoms with Crippen molar-refractivity contribution in [3.8, 4) is 0 Å². The van der Waals surface area contributed by atoms with Gasteiger partial charge in [0.05, 0.1) is 151 Å². The molecule has 3 saturated heterocycles. The van der Waals surface area contributed by atoms with Gasteiger partial charge < -0.3 is 154 Å². The molecule has 0 aromatic carbocycles. The molecule has 0 radical (unpaired) electrons. The van der Waals surface area contributed by atoms with Crippen molar-refractivity contribution in [1.82, 2.24) is 31.9 Å². The highest BCUT2D eigenvalue weighted by Crippen LogP contribution is 2.25. The summed E-state index contributed by atoms with van der Waals surface area (Å²) < 4.78 is 82.3. The third-order valence-corrected chi connectivity index (χ3v) is 15.3. The van der Waals surface area contributed by atoms with Gasteiger partial charge in [-0.15, -0.1) is 0 Å². The van der Waals surface area contributed by atoms with Gasteiger partial charge in [0.15, 0.2) is 24.7 Å². The Morgan fingerprint density at radius 3 is 0.970 bits per heavy atom. The first-order valence-electron chi connectivity index (χ1n) is 33.3. The van der Waals surface area contributed by atoms with Crippen LogP contribution in [0.15, 0.2) is 0 Å². The number of aliphatic carboxylic acids is 1. The molecule has 0 saturated carbocycles. The number of ketones is 1. The Morgan fingerprint density at radius 1 is 0.380 bits per heavy atom. The zero-order chi connectivity index (χ0) is 73.6. The average Bonchev–Trinajstić information content (AvgIpc) is 0.824. The maximum atomic E-state index is 13.7. The molecule has 3 aliphatic heterocycles. The fourth-order valence-corrected chi connectivity index (χ4v) is 10.1. The molecule has 580 valence electrons. The second-order valence-corrected chi connectivity index (χ2v) is 23.3. The molecule has 6 amide bonds. The molecule has 100 heavy (non-hydrogen) atoms. The van der Waals surface area contributed by atoms with Crippen LogP contribution in [-0.2, 0) is 109 Å². The maximum Gasteiger partial charge on any atom is 0.306 e. The van der Waals surface area contributed by atoms with Gasteiger partial charge in [0, 0.05) is 40.3 Å². The lowest BCUT2D eigenvalue weighted by Gasteiger charge is -2.42. The number of nitrogens with one attached hydrogen (secondary N) is 6. The molecule has 3 aliphatic rings. The van der Waals surface area contributed by atoms with E-state index < -0.39 is 184 Å². The number of hydrogen-bond acceptors (Lipinski definition) is 32. The van der Waals surface area contributed by atoms with Crippen molar-refractivity contribution < 1.29 is 160 Å². The van der Waals surface area contributed by atoms with E-state index in [9.17, 15) is 89.4 Å². The number of aliphatic hydroxyl groups excluding tert-OH is 9. The predicted octanol–water partition coefficient (Wildman–Crippen LogP) is -8.27. The summed E-state index contributed by atoms with van der Waals surface area (Å²) in [6.07, 6.45) is -14.4. The van der Waals surface area contributed by atoms with Crippen LogP contribution in [0.2, 0.25) is 0 Å². The van der Waals surface area contributed by atoms with Gasteiger partial charge in [0.25, 0.3) is 0 Å². The molecule has 3 fully saturated rings. The Hall–Kier alpha value is -5.00. The summed E-state index contributed by atoms with van der Waals surface area (Å²) >= 11 is 0. The van der Waals surface area contributed by atoms with Crippen LogP contribution in [0, 0.1) is 5.92 Å². The number of carboxylic acid groups (broad SMARTS) is 1. The van der Waals surface area contributed by atoms with Crippen molar-refractivity contribution in [3.05, 3.63) is 0 Å². The quantitative estimate of drug-likeness (QED) is 0.0252. The summed E-state index contributed by atoms with van der Waals surface area (Å²) in [6.45, 7) is 2.77. The van der Waals surface area contributed by atoms with Crippen LogP contribution >= 0.6 is 0 Å². The minimum atomic E-state index is -1.47. The summed E-state index contributed by atoms with van der Waals surface area (Å²) in [5.41, 5.74) is 0. The van der Waals surface area contributed by atoms with Crippen LogP contribution in [0.1, 0.15) is 65.7 Å². The first-order chi connectivity index (χ1) is 48.0. The number of carbonyl (C=O) groups excluding carboxylic acids is 7. The molecule has 0 aromatic rings. The predicted molar refractivity (Wildman–Crippen MR) is 338 cm³/mol. The maximum absolute atomic E-state index is 13.7. The molecule has 0 unspecified atom stereocenters. The first kappa shape index (κ1) is 89.2. The van der Waals surface area contributed by atoms with Gasteiger partial charge in [0.2, 0.25) is 35.4 Å². The number of rotatable bonds is 57. The number of carbonyl (C=O) groups is 8. The van der Waals surface area contributed by atoms with Crippen molar-refractivity contribution in [3.63, 3.8) is 0 Å². The van der Waals surface area contributed by atoms with E-state index in [1.54, 1.807) is 0 Å². The molecule has 3 rings (SSSR count). The van der Waals surface area contributed by atoms with Crippen molar-refractivity contribution in [2.45, 2.75) is 164 Å². The number of aliphatic hydroxyl groups is 9. The van der Waals surface area contributed by atoms with Gasteiger partial charge in [0.1, 0.15) is 92.9 Å². The molecule has 0 bridgehead atoms. The lowest BCUT2D eigenvalue weighted by Crippen LogP contribution is -2.64. The van der Waals surface area contributed by atoms with Gasteiger partial charge in [-0.05, 0) is 32.1 Å². The monoisotopic (exact) mass is 1450 g/mol. The van der Waals surface area contributed by atoms with E-state index in [2.05, 4.69) is 31.9 Å². The molecule has 3 heterocycles. The fraction of sp³-hybridized carbons (Fsp3) is 0.869. The molecule has 39 heteroatoms. The van der Waals surface area contributed by atoms with Gasteiger partial charge in [-0.25, -0.2) is 0 Å². The third kappa shape index (κ3) is 36.4. The number of amides is 6. The van der Waals surface area contributed by atoms with Crippen LogP contribution < -0.4 is 31.9 Å². The van der Waals surface area contributed by atoms with E-state index in [-0.39, 0.29) is 158 Å². The SMILES string of the molecule is CC(=O)N[C@H]1[C@H](OCCOCCOCCOCC(=O)NCCCC[C@H](CC(=O)[C@H](CCCCNC(=O)COCCOCCOCCO[C@@H]2O[C@H](CO)[C@H](O)[C@H](O)[C@H]2NC(C)=O)NC(=O)COCCOCCOCCO[C@@H]2O[C@H](CO)[C@H](O)[C@H](O)[C@H]2NC(C)=O)C(=O)O)O[C@H](CO)[C@H](O)[C@@H]1O. The van der Waals surface area contributed by atoms with E-state index in [1.807, 2.05) is 0 Å². The number of unbranched alkanes of at least 4 members (excludes halogenated alkanes) is 2. The normalized spacial score (nSPS) is 25.9. The molecular formula is C61H108N6O33. The fourth-order valence-electron chi connectivity index (χ4n) is 10.1. The number of carboxylic acids is 1. The molecular weight excluding hydrogens is 1340 g/mol. The van der Waals surface area contributed by atoms with Crippen molar-refractivity contribution in [2.24, 2.45) is 5.92 Å². The number of ether oxygens (including phenoxy) is 15. The summed E-state index contributed by atoms with van der Waals surface area (Å²) in [7, 11) is 0. The highest BCUT2D eigenvalue weighted by atomic mass is 16.7. The van der Waals surface area contributed by atoms with E-state index >= 15 is 0 Å². The van der Waals surface area contributed by atoms with E-state index in [0.29, 0.717) is 25.7 Å². The highest BCUT2D eigenvalue weighted by Gasteiger charge is 2.48. The summed E-state index contributed by atoms with van der Waals surface area (Å²) in [5.74, 6) is -5.87. The van der Waals surface area contributed by atoms with Crippen molar-refractivity contribution >= 4 is 47.2 Å².